The number of carbonyl (C=O) groups excluding carboxylic acids is 1. The number of aromatic carboxylic acids is 1. The van der Waals surface area contributed by atoms with Crippen LogP contribution >= 0.6 is 0 Å². The lowest BCUT2D eigenvalue weighted by Gasteiger charge is -2.03. The molecular weight excluding hydrogens is 248 g/mol. The normalized spacial score (nSPS) is 10.1. The molecule has 1 heterocycles. The van der Waals surface area contributed by atoms with Crippen LogP contribution in [0.25, 0.3) is 0 Å². The van der Waals surface area contributed by atoms with Crippen LogP contribution in [0.1, 0.15) is 26.4 Å². The van der Waals surface area contributed by atoms with Crippen molar-refractivity contribution in [3.63, 3.8) is 0 Å². The summed E-state index contributed by atoms with van der Waals surface area (Å²) in [6.07, 6.45) is 1.95. The number of hydrogen-bond donors (Lipinski definition) is 2. The predicted octanol–water partition coefficient (Wildman–Crippen LogP) is 1.35. The highest BCUT2D eigenvalue weighted by Gasteiger charge is 2.07. The monoisotopic (exact) mass is 260 g/mol. The minimum atomic E-state index is -0.953. The highest BCUT2D eigenvalue weighted by molar-refractivity contribution is 5.91. The molecule has 2 rings (SSSR count). The number of nitrogens with zero attached hydrogens (tertiary/aromatic N) is 1. The molecule has 0 unspecified atom stereocenters. The maximum Gasteiger partial charge on any atom is 0.335 e. The van der Waals surface area contributed by atoms with E-state index in [4.69, 9.17) is 5.11 Å². The first-order chi connectivity index (χ1) is 9.16. The van der Waals surface area contributed by atoms with Crippen molar-refractivity contribution >= 4 is 11.9 Å². The first-order valence-electron chi connectivity index (χ1n) is 5.67. The molecular formula is C13H12N2O4. The number of carboxylic acid groups (broad SMARTS) is 1. The molecule has 6 nitrogen and oxygen atoms in total. The molecule has 19 heavy (non-hydrogen) atoms. The summed E-state index contributed by atoms with van der Waals surface area (Å²) in [6, 6.07) is 8.02. The van der Waals surface area contributed by atoms with E-state index in [1.54, 1.807) is 12.1 Å². The van der Waals surface area contributed by atoms with Gasteiger partial charge < -0.3 is 14.9 Å². The third-order valence-electron chi connectivity index (χ3n) is 2.57. The van der Waals surface area contributed by atoms with Crippen LogP contribution in [0, 0.1) is 0 Å². The number of nitrogens with one attached hydrogen (secondary N) is 1. The van der Waals surface area contributed by atoms with Gasteiger partial charge in [-0.25, -0.2) is 4.79 Å². The molecule has 0 aliphatic carbocycles. The van der Waals surface area contributed by atoms with Gasteiger partial charge in [-0.2, -0.15) is 0 Å². The average Bonchev–Trinajstić information content (AvgIpc) is 2.93. The number of carboxylic acids is 1. The fourth-order valence-electron chi connectivity index (χ4n) is 1.55. The van der Waals surface area contributed by atoms with E-state index < -0.39 is 5.97 Å². The highest BCUT2D eigenvalue weighted by Crippen LogP contribution is 2.05. The molecule has 1 aromatic heterocycles. The molecule has 2 N–H and O–H groups in total. The van der Waals surface area contributed by atoms with E-state index in [1.165, 1.54) is 24.5 Å². The van der Waals surface area contributed by atoms with Crippen molar-refractivity contribution in [3.05, 3.63) is 53.4 Å². The number of rotatable bonds is 5. The van der Waals surface area contributed by atoms with Gasteiger partial charge in [0.05, 0.1) is 5.56 Å². The van der Waals surface area contributed by atoms with Gasteiger partial charge >= 0.3 is 5.97 Å². The zero-order chi connectivity index (χ0) is 13.7. The third-order valence-corrected chi connectivity index (χ3v) is 2.57. The van der Waals surface area contributed by atoms with E-state index in [0.717, 1.165) is 5.56 Å². The summed E-state index contributed by atoms with van der Waals surface area (Å²) in [5.74, 6) is -1.25. The van der Waals surface area contributed by atoms with Crippen LogP contribution in [0.5, 0.6) is 0 Å². The largest absolute Gasteiger partial charge is 0.478 e. The number of carbonyl (C=O) groups is 2. The second kappa shape index (κ2) is 5.81. The fourth-order valence-corrected chi connectivity index (χ4v) is 1.55. The smallest absolute Gasteiger partial charge is 0.335 e. The van der Waals surface area contributed by atoms with Crippen LogP contribution in [0.4, 0.5) is 0 Å². The van der Waals surface area contributed by atoms with Crippen molar-refractivity contribution in [2.45, 2.75) is 6.42 Å². The molecule has 1 aromatic carbocycles. The van der Waals surface area contributed by atoms with Crippen molar-refractivity contribution in [2.75, 3.05) is 6.54 Å². The molecule has 0 saturated carbocycles. The second-order valence-corrected chi connectivity index (χ2v) is 3.89. The van der Waals surface area contributed by atoms with Gasteiger partial charge in [0.15, 0.2) is 5.69 Å². The van der Waals surface area contributed by atoms with Gasteiger partial charge in [0.25, 0.3) is 5.91 Å². The van der Waals surface area contributed by atoms with Gasteiger partial charge in [-0.1, -0.05) is 17.3 Å². The summed E-state index contributed by atoms with van der Waals surface area (Å²) in [7, 11) is 0. The van der Waals surface area contributed by atoms with Gasteiger partial charge in [-0.3, -0.25) is 4.79 Å². The van der Waals surface area contributed by atoms with Gasteiger partial charge in [0.2, 0.25) is 0 Å². The summed E-state index contributed by atoms with van der Waals surface area (Å²) < 4.78 is 4.57. The number of aromatic nitrogens is 1. The van der Waals surface area contributed by atoms with Crippen LogP contribution < -0.4 is 5.32 Å². The maximum absolute atomic E-state index is 11.5. The fraction of sp³-hybridized carbons (Fsp3) is 0.154. The molecule has 0 bridgehead atoms. The van der Waals surface area contributed by atoms with Crippen molar-refractivity contribution in [2.24, 2.45) is 0 Å². The van der Waals surface area contributed by atoms with E-state index in [0.29, 0.717) is 13.0 Å². The lowest BCUT2D eigenvalue weighted by Crippen LogP contribution is -2.25. The second-order valence-electron chi connectivity index (χ2n) is 3.89. The first-order valence-corrected chi connectivity index (χ1v) is 5.67. The van der Waals surface area contributed by atoms with E-state index in [2.05, 4.69) is 15.0 Å². The molecule has 6 heteroatoms. The standard InChI is InChI=1S/C13H12N2O4/c16-12(11-6-8-19-15-11)14-7-5-9-1-3-10(4-2-9)13(17)18/h1-4,6,8H,5,7H2,(H,14,16)(H,17,18). The van der Waals surface area contributed by atoms with Crippen LogP contribution in [-0.4, -0.2) is 28.7 Å². The Morgan fingerprint density at radius 1 is 1.21 bits per heavy atom. The zero-order valence-corrected chi connectivity index (χ0v) is 10.00. The van der Waals surface area contributed by atoms with E-state index in [1.807, 2.05) is 0 Å². The molecule has 0 atom stereocenters. The summed E-state index contributed by atoms with van der Waals surface area (Å²) >= 11 is 0. The molecule has 0 fully saturated rings. The first kappa shape index (κ1) is 12.8. The van der Waals surface area contributed by atoms with Crippen molar-refractivity contribution < 1.29 is 19.2 Å². The Balaban J connectivity index is 1.82. The molecule has 98 valence electrons. The van der Waals surface area contributed by atoms with Gasteiger partial charge in [0, 0.05) is 12.6 Å². The summed E-state index contributed by atoms with van der Waals surface area (Å²) in [5, 5.41) is 15.0. The van der Waals surface area contributed by atoms with Gasteiger partial charge in [-0.05, 0) is 24.1 Å². The Labute approximate surface area is 109 Å². The Morgan fingerprint density at radius 3 is 2.53 bits per heavy atom. The molecule has 0 aliphatic heterocycles. The quantitative estimate of drug-likeness (QED) is 0.846. The van der Waals surface area contributed by atoms with Crippen LogP contribution in [0.2, 0.25) is 0 Å². The molecule has 0 radical (unpaired) electrons. The minimum Gasteiger partial charge on any atom is -0.478 e. The Morgan fingerprint density at radius 2 is 1.95 bits per heavy atom. The average molecular weight is 260 g/mol. The number of hydrogen-bond acceptors (Lipinski definition) is 4. The SMILES string of the molecule is O=C(O)c1ccc(CCNC(=O)c2ccon2)cc1. The summed E-state index contributed by atoms with van der Waals surface area (Å²) in [4.78, 5) is 22.2. The summed E-state index contributed by atoms with van der Waals surface area (Å²) in [5.41, 5.74) is 1.43. The van der Waals surface area contributed by atoms with Crippen molar-refractivity contribution in [1.82, 2.24) is 10.5 Å². The maximum atomic E-state index is 11.5. The van der Waals surface area contributed by atoms with E-state index in [9.17, 15) is 9.59 Å². The third kappa shape index (κ3) is 3.41. The van der Waals surface area contributed by atoms with E-state index >= 15 is 0 Å². The lowest BCUT2D eigenvalue weighted by atomic mass is 10.1. The minimum absolute atomic E-state index is 0.237. The predicted molar refractivity (Wildman–Crippen MR) is 65.9 cm³/mol. The topological polar surface area (TPSA) is 92.4 Å². The van der Waals surface area contributed by atoms with Gasteiger partial charge in [0.1, 0.15) is 6.26 Å². The van der Waals surface area contributed by atoms with Crippen molar-refractivity contribution in [1.29, 1.82) is 0 Å². The Hall–Kier alpha value is -2.63. The Bertz CT molecular complexity index is 561. The van der Waals surface area contributed by atoms with Crippen LogP contribution in [-0.2, 0) is 6.42 Å². The zero-order valence-electron chi connectivity index (χ0n) is 10.00. The van der Waals surface area contributed by atoms with Crippen LogP contribution in [0.15, 0.2) is 41.1 Å². The highest BCUT2D eigenvalue weighted by atomic mass is 16.5. The molecule has 0 aliphatic rings. The molecule has 2 aromatic rings. The molecule has 0 saturated heterocycles. The summed E-state index contributed by atoms with van der Waals surface area (Å²) in [6.45, 7) is 0.443. The number of amides is 1. The molecule has 0 spiro atoms. The number of benzene rings is 1. The van der Waals surface area contributed by atoms with Crippen molar-refractivity contribution in [3.8, 4) is 0 Å². The van der Waals surface area contributed by atoms with Gasteiger partial charge in [-0.15, -0.1) is 0 Å². The Kier molecular flexibility index (Phi) is 3.92. The van der Waals surface area contributed by atoms with Crippen LogP contribution in [0.3, 0.4) is 0 Å². The molecule has 1 amide bonds. The van der Waals surface area contributed by atoms with E-state index in [-0.39, 0.29) is 17.2 Å². The lowest BCUT2D eigenvalue weighted by molar-refractivity contribution is 0.0696.